The predicted octanol–water partition coefficient (Wildman–Crippen LogP) is 2.01. The highest BCUT2D eigenvalue weighted by molar-refractivity contribution is 6.10. The number of amides is 4. The lowest BCUT2D eigenvalue weighted by atomic mass is 9.92. The van der Waals surface area contributed by atoms with Crippen LogP contribution >= 0.6 is 0 Å². The van der Waals surface area contributed by atoms with Crippen molar-refractivity contribution < 1.29 is 24.0 Å². The molecule has 0 saturated carbocycles. The number of ether oxygens (including phenoxy) is 1. The van der Waals surface area contributed by atoms with Crippen molar-refractivity contribution in [3.05, 3.63) is 64.2 Å². The largest absolute Gasteiger partial charge is 0.495 e. The molecule has 4 amide bonds. The fourth-order valence-corrected chi connectivity index (χ4v) is 3.03. The number of carbonyl (C=O) groups excluding carboxylic acids is 3. The number of hydrogen-bond donors (Lipinski definition) is 2. The molecule has 0 aliphatic carbocycles. The lowest BCUT2D eigenvalue weighted by Gasteiger charge is -2.22. The quantitative estimate of drug-likeness (QED) is 0.435. The van der Waals surface area contributed by atoms with E-state index in [1.54, 1.807) is 24.3 Å². The Labute approximate surface area is 165 Å². The molecule has 0 aromatic heterocycles. The summed E-state index contributed by atoms with van der Waals surface area (Å²) in [5.74, 6) is -0.772. The van der Waals surface area contributed by atoms with Gasteiger partial charge in [-0.1, -0.05) is 12.1 Å². The number of imide groups is 1. The van der Waals surface area contributed by atoms with Gasteiger partial charge < -0.3 is 15.4 Å². The summed E-state index contributed by atoms with van der Waals surface area (Å²) in [6.45, 7) is 0.984. The van der Waals surface area contributed by atoms with Crippen molar-refractivity contribution in [2.45, 2.75) is 12.5 Å². The number of para-hydroxylation sites is 2. The van der Waals surface area contributed by atoms with Gasteiger partial charge in [0.05, 0.1) is 17.7 Å². The third-order valence-corrected chi connectivity index (χ3v) is 4.61. The molecule has 10 nitrogen and oxygen atoms in total. The van der Waals surface area contributed by atoms with Gasteiger partial charge in [-0.3, -0.25) is 24.6 Å². The van der Waals surface area contributed by atoms with E-state index in [4.69, 9.17) is 4.74 Å². The minimum Gasteiger partial charge on any atom is -0.495 e. The fourth-order valence-electron chi connectivity index (χ4n) is 3.03. The lowest BCUT2D eigenvalue weighted by molar-refractivity contribution is -0.384. The molecule has 2 N–H and O–H groups in total. The van der Waals surface area contributed by atoms with E-state index in [2.05, 4.69) is 10.6 Å². The second kappa shape index (κ2) is 7.58. The molecule has 1 heterocycles. The van der Waals surface area contributed by atoms with Crippen molar-refractivity contribution in [1.29, 1.82) is 0 Å². The topological polar surface area (TPSA) is 131 Å². The minimum absolute atomic E-state index is 0.137. The smallest absolute Gasteiger partial charge is 0.325 e. The highest BCUT2D eigenvalue weighted by Crippen LogP contribution is 2.30. The van der Waals surface area contributed by atoms with Crippen LogP contribution in [0.5, 0.6) is 5.75 Å². The standard InChI is InChI=1S/C19H18N4O6/c1-19(12-7-9-13(10-8-12)23(27)28)17(25)22(18(26)21-19)11-16(24)20-14-5-3-4-6-15(14)29-2/h3-10H,11H2,1-2H3,(H,20,24)(H,21,26)/t19-/m1/s1. The second-order valence-electron chi connectivity index (χ2n) is 6.50. The van der Waals surface area contributed by atoms with Gasteiger partial charge in [-0.05, 0) is 36.8 Å². The van der Waals surface area contributed by atoms with Crippen molar-refractivity contribution >= 4 is 29.2 Å². The van der Waals surface area contributed by atoms with Gasteiger partial charge in [0.25, 0.3) is 11.6 Å². The van der Waals surface area contributed by atoms with Gasteiger partial charge in [0, 0.05) is 12.1 Å². The van der Waals surface area contributed by atoms with Crippen LogP contribution in [0.15, 0.2) is 48.5 Å². The number of nitrogens with zero attached hydrogens (tertiary/aromatic N) is 2. The van der Waals surface area contributed by atoms with Crippen molar-refractivity contribution in [3.8, 4) is 5.75 Å². The van der Waals surface area contributed by atoms with Crippen molar-refractivity contribution in [2.75, 3.05) is 19.0 Å². The second-order valence-corrected chi connectivity index (χ2v) is 6.50. The Kier molecular flexibility index (Phi) is 5.18. The third-order valence-electron chi connectivity index (χ3n) is 4.61. The first-order chi connectivity index (χ1) is 13.8. The van der Waals surface area contributed by atoms with Crippen LogP contribution in [0.25, 0.3) is 0 Å². The number of carbonyl (C=O) groups is 3. The number of hydrogen-bond acceptors (Lipinski definition) is 6. The van der Waals surface area contributed by atoms with Gasteiger partial charge in [-0.15, -0.1) is 0 Å². The number of benzene rings is 2. The van der Waals surface area contributed by atoms with Crippen LogP contribution in [-0.4, -0.2) is 41.3 Å². The molecule has 1 aliphatic rings. The Bertz CT molecular complexity index is 990. The maximum atomic E-state index is 12.9. The van der Waals surface area contributed by atoms with Crippen LogP contribution in [0.4, 0.5) is 16.2 Å². The minimum atomic E-state index is -1.43. The molecule has 1 fully saturated rings. The zero-order chi connectivity index (χ0) is 21.2. The Balaban J connectivity index is 1.76. The molecule has 150 valence electrons. The van der Waals surface area contributed by atoms with Gasteiger partial charge >= 0.3 is 6.03 Å². The van der Waals surface area contributed by atoms with Crippen LogP contribution in [0.3, 0.4) is 0 Å². The highest BCUT2D eigenvalue weighted by Gasteiger charge is 2.49. The molecule has 29 heavy (non-hydrogen) atoms. The molecule has 1 aliphatic heterocycles. The molecule has 0 radical (unpaired) electrons. The molecular weight excluding hydrogens is 380 g/mol. The van der Waals surface area contributed by atoms with Crippen molar-refractivity contribution in [2.24, 2.45) is 0 Å². The Morgan fingerprint density at radius 3 is 2.48 bits per heavy atom. The number of non-ortho nitro benzene ring substituents is 1. The van der Waals surface area contributed by atoms with Crippen LogP contribution in [-0.2, 0) is 15.1 Å². The highest BCUT2D eigenvalue weighted by atomic mass is 16.6. The van der Waals surface area contributed by atoms with Crippen LogP contribution in [0, 0.1) is 10.1 Å². The Morgan fingerprint density at radius 2 is 1.86 bits per heavy atom. The first-order valence-corrected chi connectivity index (χ1v) is 8.58. The molecule has 1 saturated heterocycles. The number of nitrogens with one attached hydrogen (secondary N) is 2. The SMILES string of the molecule is COc1ccccc1NC(=O)CN1C(=O)N[C@](C)(c2ccc([N+](=O)[O-])cc2)C1=O. The van der Waals surface area contributed by atoms with E-state index in [0.29, 0.717) is 17.0 Å². The van der Waals surface area contributed by atoms with E-state index in [1.165, 1.54) is 38.3 Å². The van der Waals surface area contributed by atoms with E-state index in [9.17, 15) is 24.5 Å². The molecule has 0 bridgehead atoms. The summed E-state index contributed by atoms with van der Waals surface area (Å²) in [5, 5.41) is 16.0. The predicted molar refractivity (Wildman–Crippen MR) is 102 cm³/mol. The number of urea groups is 1. The molecule has 10 heteroatoms. The van der Waals surface area contributed by atoms with Crippen LogP contribution in [0.2, 0.25) is 0 Å². The fraction of sp³-hybridized carbons (Fsp3) is 0.211. The van der Waals surface area contributed by atoms with Gasteiger partial charge in [0.1, 0.15) is 17.8 Å². The number of nitro benzene ring substituents is 1. The van der Waals surface area contributed by atoms with Crippen molar-refractivity contribution in [1.82, 2.24) is 10.2 Å². The van der Waals surface area contributed by atoms with E-state index >= 15 is 0 Å². The first kappa shape index (κ1) is 19.8. The van der Waals surface area contributed by atoms with E-state index < -0.39 is 34.9 Å². The normalized spacial score (nSPS) is 18.3. The molecule has 3 rings (SSSR count). The number of methoxy groups -OCH3 is 1. The van der Waals surface area contributed by atoms with Gasteiger partial charge in [0.2, 0.25) is 5.91 Å². The van der Waals surface area contributed by atoms with E-state index in [1.807, 2.05) is 0 Å². The number of nitro groups is 1. The number of rotatable bonds is 6. The summed E-state index contributed by atoms with van der Waals surface area (Å²) in [5.41, 5.74) is -0.793. The lowest BCUT2D eigenvalue weighted by Crippen LogP contribution is -2.42. The number of anilines is 1. The summed E-state index contributed by atoms with van der Waals surface area (Å²) in [7, 11) is 1.46. The van der Waals surface area contributed by atoms with Crippen LogP contribution in [0.1, 0.15) is 12.5 Å². The summed E-state index contributed by atoms with van der Waals surface area (Å²) in [4.78, 5) is 48.6. The van der Waals surface area contributed by atoms with E-state index in [-0.39, 0.29) is 5.69 Å². The average molecular weight is 398 g/mol. The molecule has 2 aromatic carbocycles. The maximum absolute atomic E-state index is 12.9. The van der Waals surface area contributed by atoms with Gasteiger partial charge in [-0.25, -0.2) is 4.79 Å². The zero-order valence-corrected chi connectivity index (χ0v) is 15.7. The van der Waals surface area contributed by atoms with Gasteiger partial charge in [0.15, 0.2) is 0 Å². The summed E-state index contributed by atoms with van der Waals surface area (Å²) < 4.78 is 5.15. The first-order valence-electron chi connectivity index (χ1n) is 8.58. The average Bonchev–Trinajstić information content (AvgIpc) is 2.92. The maximum Gasteiger partial charge on any atom is 0.325 e. The monoisotopic (exact) mass is 398 g/mol. The van der Waals surface area contributed by atoms with Crippen molar-refractivity contribution in [3.63, 3.8) is 0 Å². The van der Waals surface area contributed by atoms with Gasteiger partial charge in [-0.2, -0.15) is 0 Å². The summed E-state index contributed by atoms with van der Waals surface area (Å²) in [6.07, 6.45) is 0. The zero-order valence-electron chi connectivity index (χ0n) is 15.7. The molecule has 2 aromatic rings. The summed E-state index contributed by atoms with van der Waals surface area (Å²) in [6, 6.07) is 11.3. The molecule has 0 spiro atoms. The van der Waals surface area contributed by atoms with Crippen LogP contribution < -0.4 is 15.4 Å². The Morgan fingerprint density at radius 1 is 1.21 bits per heavy atom. The molecule has 1 atom stereocenters. The molecule has 0 unspecified atom stereocenters. The molecular formula is C19H18N4O6. The summed E-state index contributed by atoms with van der Waals surface area (Å²) >= 11 is 0. The Hall–Kier alpha value is -3.95. The third kappa shape index (κ3) is 3.72. The van der Waals surface area contributed by atoms with E-state index in [0.717, 1.165) is 4.90 Å².